The molecule has 0 fully saturated rings. The number of nitrogens with zero attached hydrogens (tertiary/aromatic N) is 3. The number of esters is 1. The maximum atomic E-state index is 12.8. The summed E-state index contributed by atoms with van der Waals surface area (Å²) in [6.45, 7) is 10.8. The van der Waals surface area contributed by atoms with E-state index in [1.165, 1.54) is 0 Å². The van der Waals surface area contributed by atoms with Crippen LogP contribution in [0.3, 0.4) is 0 Å². The lowest BCUT2D eigenvalue weighted by molar-refractivity contribution is -0.0828. The van der Waals surface area contributed by atoms with E-state index in [2.05, 4.69) is 60.3 Å². The molecule has 0 saturated heterocycles. The third-order valence-electron chi connectivity index (χ3n) is 5.68. The second-order valence-electron chi connectivity index (χ2n) is 6.83. The molecule has 0 radical (unpaired) electrons. The molecule has 27 heavy (non-hydrogen) atoms. The molecular weight excluding hydrogens is 338 g/mol. The molecule has 0 N–H and O–H groups in total. The van der Waals surface area contributed by atoms with Gasteiger partial charge in [-0.05, 0) is 45.1 Å². The Bertz CT molecular complexity index is 1020. The molecule has 1 atom stereocenters. The number of carbonyl (C=O) groups is 1. The summed E-state index contributed by atoms with van der Waals surface area (Å²) in [5.41, 5.74) is 3.53. The number of aromatic nitrogens is 2. The summed E-state index contributed by atoms with van der Waals surface area (Å²) in [6, 6.07) is 11.9. The zero-order valence-electron chi connectivity index (χ0n) is 16.3. The van der Waals surface area contributed by atoms with Gasteiger partial charge >= 0.3 is 5.97 Å². The van der Waals surface area contributed by atoms with Gasteiger partial charge in [0, 0.05) is 34.9 Å². The number of hydrogen-bond acceptors (Lipinski definition) is 4. The Labute approximate surface area is 159 Å². The summed E-state index contributed by atoms with van der Waals surface area (Å²) >= 11 is 0. The minimum absolute atomic E-state index is 0.308. The first-order valence-corrected chi connectivity index (χ1v) is 9.62. The van der Waals surface area contributed by atoms with Crippen molar-refractivity contribution in [2.75, 3.05) is 13.1 Å². The van der Waals surface area contributed by atoms with E-state index in [9.17, 15) is 4.79 Å². The maximum Gasteiger partial charge on any atom is 0.342 e. The molecule has 1 aliphatic rings. The van der Waals surface area contributed by atoms with Gasteiger partial charge in [0.25, 0.3) is 0 Å². The van der Waals surface area contributed by atoms with Crippen LogP contribution in [0.25, 0.3) is 10.9 Å². The standard InChI is InChI=1S/C22H25N3O2/c1-5-24(6-2)22(20-17(21(26)27-22)12-10-14-23-20)19-15(4)25(7-3)18-13-9-8-11-16(18)19/h8-14H,5-7H2,1-4H3. The van der Waals surface area contributed by atoms with Crippen LogP contribution in [0.5, 0.6) is 0 Å². The molecule has 1 aliphatic heterocycles. The zero-order valence-corrected chi connectivity index (χ0v) is 16.3. The number of rotatable bonds is 5. The zero-order chi connectivity index (χ0) is 19.2. The van der Waals surface area contributed by atoms with Crippen molar-refractivity contribution in [3.63, 3.8) is 0 Å². The molecule has 5 heteroatoms. The van der Waals surface area contributed by atoms with Crippen LogP contribution >= 0.6 is 0 Å². The van der Waals surface area contributed by atoms with Gasteiger partial charge in [0.2, 0.25) is 5.72 Å². The Morgan fingerprint density at radius 1 is 1.11 bits per heavy atom. The van der Waals surface area contributed by atoms with Crippen molar-refractivity contribution in [2.24, 2.45) is 0 Å². The molecule has 0 spiro atoms. The van der Waals surface area contributed by atoms with Crippen LogP contribution in [-0.2, 0) is 17.0 Å². The van der Waals surface area contributed by atoms with Crippen LogP contribution in [0.1, 0.15) is 48.1 Å². The van der Waals surface area contributed by atoms with E-state index >= 15 is 0 Å². The number of carbonyl (C=O) groups excluding carboxylic acids is 1. The second kappa shape index (κ2) is 6.50. The molecule has 0 aliphatic carbocycles. The Kier molecular flexibility index (Phi) is 4.27. The predicted molar refractivity (Wildman–Crippen MR) is 106 cm³/mol. The van der Waals surface area contributed by atoms with Gasteiger partial charge in [0.15, 0.2) is 0 Å². The molecule has 3 aromatic rings. The molecule has 5 nitrogen and oxygen atoms in total. The van der Waals surface area contributed by atoms with Gasteiger partial charge in [-0.2, -0.15) is 0 Å². The average molecular weight is 363 g/mol. The Morgan fingerprint density at radius 2 is 1.85 bits per heavy atom. The Morgan fingerprint density at radius 3 is 2.56 bits per heavy atom. The number of hydrogen-bond donors (Lipinski definition) is 0. The fourth-order valence-electron chi connectivity index (χ4n) is 4.55. The molecule has 0 saturated carbocycles. The minimum atomic E-state index is -0.999. The first-order valence-electron chi connectivity index (χ1n) is 9.62. The molecule has 4 rings (SSSR count). The van der Waals surface area contributed by atoms with E-state index in [1.807, 2.05) is 12.1 Å². The van der Waals surface area contributed by atoms with E-state index < -0.39 is 5.72 Å². The summed E-state index contributed by atoms with van der Waals surface area (Å²) in [5.74, 6) is -0.308. The number of fused-ring (bicyclic) bond motifs is 2. The van der Waals surface area contributed by atoms with Gasteiger partial charge < -0.3 is 9.30 Å². The summed E-state index contributed by atoms with van der Waals surface area (Å²) in [7, 11) is 0. The number of para-hydroxylation sites is 1. The van der Waals surface area contributed by atoms with Crippen molar-refractivity contribution < 1.29 is 9.53 Å². The summed E-state index contributed by atoms with van der Waals surface area (Å²) in [6.07, 6.45) is 1.74. The topological polar surface area (TPSA) is 47.4 Å². The van der Waals surface area contributed by atoms with Gasteiger partial charge in [-0.3, -0.25) is 9.88 Å². The molecule has 3 heterocycles. The Hall–Kier alpha value is -2.66. The Balaban J connectivity index is 2.14. The van der Waals surface area contributed by atoms with Crippen molar-refractivity contribution in [2.45, 2.75) is 40.0 Å². The highest BCUT2D eigenvalue weighted by molar-refractivity contribution is 5.96. The quantitative estimate of drug-likeness (QED) is 0.641. The first-order chi connectivity index (χ1) is 13.1. The van der Waals surface area contributed by atoms with Gasteiger partial charge in [-0.25, -0.2) is 4.79 Å². The highest BCUT2D eigenvalue weighted by Gasteiger charge is 2.54. The van der Waals surface area contributed by atoms with Crippen molar-refractivity contribution >= 4 is 16.9 Å². The van der Waals surface area contributed by atoms with Gasteiger partial charge in [0.05, 0.1) is 5.56 Å². The van der Waals surface area contributed by atoms with Crippen molar-refractivity contribution in [1.29, 1.82) is 0 Å². The second-order valence-corrected chi connectivity index (χ2v) is 6.83. The highest BCUT2D eigenvalue weighted by Crippen LogP contribution is 2.47. The normalized spacial score (nSPS) is 18.9. The molecule has 1 unspecified atom stereocenters. The lowest BCUT2D eigenvalue weighted by atomic mass is 9.93. The fraction of sp³-hybridized carbons (Fsp3) is 0.364. The summed E-state index contributed by atoms with van der Waals surface area (Å²) < 4.78 is 8.49. The summed E-state index contributed by atoms with van der Waals surface area (Å²) in [5, 5.41) is 1.11. The number of cyclic esters (lactones) is 1. The van der Waals surface area contributed by atoms with Crippen LogP contribution in [0.4, 0.5) is 0 Å². The number of pyridine rings is 1. The third-order valence-corrected chi connectivity index (χ3v) is 5.68. The van der Waals surface area contributed by atoms with E-state index in [0.717, 1.165) is 41.8 Å². The minimum Gasteiger partial charge on any atom is -0.429 e. The molecular formula is C22H25N3O2. The van der Waals surface area contributed by atoms with E-state index in [4.69, 9.17) is 4.74 Å². The van der Waals surface area contributed by atoms with E-state index in [-0.39, 0.29) is 5.97 Å². The van der Waals surface area contributed by atoms with E-state index in [0.29, 0.717) is 11.3 Å². The van der Waals surface area contributed by atoms with Crippen molar-refractivity contribution in [3.8, 4) is 0 Å². The first kappa shape index (κ1) is 17.7. The molecule has 1 aromatic carbocycles. The number of benzene rings is 1. The van der Waals surface area contributed by atoms with Gasteiger partial charge in [-0.1, -0.05) is 32.0 Å². The average Bonchev–Trinajstić information content (AvgIpc) is 3.15. The monoisotopic (exact) mass is 363 g/mol. The highest BCUT2D eigenvalue weighted by atomic mass is 16.6. The maximum absolute atomic E-state index is 12.8. The largest absolute Gasteiger partial charge is 0.429 e. The lowest BCUT2D eigenvalue weighted by Gasteiger charge is -2.38. The molecule has 0 bridgehead atoms. The predicted octanol–water partition coefficient (Wildman–Crippen LogP) is 4.08. The van der Waals surface area contributed by atoms with Crippen LogP contribution in [0, 0.1) is 6.92 Å². The van der Waals surface area contributed by atoms with Crippen LogP contribution in [-0.4, -0.2) is 33.5 Å². The molecule has 0 amide bonds. The van der Waals surface area contributed by atoms with E-state index in [1.54, 1.807) is 12.3 Å². The number of aryl methyl sites for hydroxylation is 1. The third kappa shape index (κ3) is 2.28. The lowest BCUT2D eigenvalue weighted by Crippen LogP contribution is -2.48. The number of ether oxygens (including phenoxy) is 1. The summed E-state index contributed by atoms with van der Waals surface area (Å²) in [4.78, 5) is 19.7. The van der Waals surface area contributed by atoms with Gasteiger partial charge in [0.1, 0.15) is 5.69 Å². The van der Waals surface area contributed by atoms with Crippen LogP contribution in [0.2, 0.25) is 0 Å². The fourth-order valence-corrected chi connectivity index (χ4v) is 4.55. The van der Waals surface area contributed by atoms with Crippen molar-refractivity contribution in [1.82, 2.24) is 14.5 Å². The van der Waals surface area contributed by atoms with Gasteiger partial charge in [-0.15, -0.1) is 0 Å². The molecule has 2 aromatic heterocycles. The smallest absolute Gasteiger partial charge is 0.342 e. The van der Waals surface area contributed by atoms with Crippen molar-refractivity contribution in [3.05, 3.63) is 65.1 Å². The SMILES string of the molecule is CCN(CC)C1(c2c(C)n(CC)c3ccccc23)OC(=O)c2cccnc21. The van der Waals surface area contributed by atoms with Crippen LogP contribution in [0.15, 0.2) is 42.6 Å². The molecule has 140 valence electrons. The van der Waals surface area contributed by atoms with Crippen LogP contribution < -0.4 is 0 Å².